The van der Waals surface area contributed by atoms with E-state index in [0.717, 1.165) is 16.7 Å². The van der Waals surface area contributed by atoms with Crippen molar-refractivity contribution >= 4 is 23.2 Å². The van der Waals surface area contributed by atoms with Crippen LogP contribution in [0.5, 0.6) is 0 Å². The van der Waals surface area contributed by atoms with E-state index in [0.29, 0.717) is 34.2 Å². The van der Waals surface area contributed by atoms with Crippen LogP contribution in [0.1, 0.15) is 35.5 Å². The number of hydrogen-bond acceptors (Lipinski definition) is 4. The van der Waals surface area contributed by atoms with Crippen LogP contribution in [0.2, 0.25) is 5.02 Å². The molecule has 176 valence electrons. The smallest absolute Gasteiger partial charge is 0.322 e. The Balaban J connectivity index is 1.60. The molecule has 1 atom stereocenters. The van der Waals surface area contributed by atoms with Gasteiger partial charge in [0.15, 0.2) is 0 Å². The SMILES string of the molecule is CC1=C(c2nc(-c3ccc(Cl)cc3)no2)C(c2cccc(F)c2)NC(=O)N1Cc1cccc(C)c1. The molecule has 4 aromatic rings. The zero-order valence-corrected chi connectivity index (χ0v) is 19.9. The molecule has 0 spiro atoms. The molecular weight excluding hydrogens is 467 g/mol. The highest BCUT2D eigenvalue weighted by atomic mass is 35.5. The van der Waals surface area contributed by atoms with Gasteiger partial charge in [-0.2, -0.15) is 4.98 Å². The molecule has 2 heterocycles. The van der Waals surface area contributed by atoms with Crippen molar-refractivity contribution in [2.24, 2.45) is 0 Å². The Bertz CT molecular complexity index is 1430. The Morgan fingerprint density at radius 1 is 1.06 bits per heavy atom. The average Bonchev–Trinajstić information content (AvgIpc) is 3.31. The number of nitrogens with zero attached hydrogens (tertiary/aromatic N) is 3. The van der Waals surface area contributed by atoms with Crippen molar-refractivity contribution in [2.75, 3.05) is 0 Å². The van der Waals surface area contributed by atoms with Gasteiger partial charge in [0.1, 0.15) is 5.82 Å². The van der Waals surface area contributed by atoms with Gasteiger partial charge in [-0.25, -0.2) is 9.18 Å². The van der Waals surface area contributed by atoms with E-state index in [2.05, 4.69) is 15.5 Å². The largest absolute Gasteiger partial charge is 0.334 e. The van der Waals surface area contributed by atoms with Crippen LogP contribution in [-0.2, 0) is 6.54 Å². The van der Waals surface area contributed by atoms with Gasteiger partial charge in [-0.1, -0.05) is 58.7 Å². The number of carbonyl (C=O) groups excluding carboxylic acids is 1. The highest BCUT2D eigenvalue weighted by Gasteiger charge is 2.36. The van der Waals surface area contributed by atoms with Crippen molar-refractivity contribution in [3.63, 3.8) is 0 Å². The molecule has 0 saturated carbocycles. The maximum atomic E-state index is 14.1. The second-order valence-corrected chi connectivity index (χ2v) is 8.88. The Morgan fingerprint density at radius 2 is 1.83 bits per heavy atom. The molecular formula is C27H22ClFN4O2. The monoisotopic (exact) mass is 488 g/mol. The summed E-state index contributed by atoms with van der Waals surface area (Å²) in [6, 6.07) is 20.2. The summed E-state index contributed by atoms with van der Waals surface area (Å²) in [5.74, 6) is 0.233. The number of halogens is 2. The van der Waals surface area contributed by atoms with E-state index in [4.69, 9.17) is 16.1 Å². The van der Waals surface area contributed by atoms with E-state index in [1.54, 1.807) is 41.3 Å². The van der Waals surface area contributed by atoms with E-state index < -0.39 is 11.9 Å². The molecule has 3 aromatic carbocycles. The lowest BCUT2D eigenvalue weighted by Crippen LogP contribution is -2.45. The number of carbonyl (C=O) groups is 1. The number of nitrogens with one attached hydrogen (secondary N) is 1. The van der Waals surface area contributed by atoms with Gasteiger partial charge >= 0.3 is 6.03 Å². The lowest BCUT2D eigenvalue weighted by Gasteiger charge is -2.35. The third-order valence-corrected chi connectivity index (χ3v) is 6.21. The van der Waals surface area contributed by atoms with E-state index >= 15 is 0 Å². The summed E-state index contributed by atoms with van der Waals surface area (Å²) in [6.07, 6.45) is 0. The molecule has 1 aliphatic rings. The van der Waals surface area contributed by atoms with Crippen LogP contribution in [0.15, 0.2) is 83.0 Å². The molecule has 35 heavy (non-hydrogen) atoms. The minimum Gasteiger partial charge on any atom is -0.334 e. The first-order valence-corrected chi connectivity index (χ1v) is 11.5. The van der Waals surface area contributed by atoms with Crippen molar-refractivity contribution in [3.05, 3.63) is 112 Å². The van der Waals surface area contributed by atoms with Crippen LogP contribution >= 0.6 is 11.6 Å². The van der Waals surface area contributed by atoms with Crippen LogP contribution < -0.4 is 5.32 Å². The highest BCUT2D eigenvalue weighted by molar-refractivity contribution is 6.30. The quantitative estimate of drug-likeness (QED) is 0.346. The molecule has 1 aromatic heterocycles. The number of hydrogen-bond donors (Lipinski definition) is 1. The minimum atomic E-state index is -0.662. The summed E-state index contributed by atoms with van der Waals surface area (Å²) in [6.45, 7) is 4.20. The van der Waals surface area contributed by atoms with Gasteiger partial charge in [0.05, 0.1) is 18.2 Å². The van der Waals surface area contributed by atoms with Crippen molar-refractivity contribution in [3.8, 4) is 11.4 Å². The standard InChI is InChI=1S/C27H22ClFN4O2/c1-16-5-3-6-18(13-16)15-33-17(2)23(24(30-27(33)34)20-7-4-8-22(29)14-20)26-31-25(32-35-26)19-9-11-21(28)12-10-19/h3-14,24H,15H2,1-2H3,(H,30,34). The predicted octanol–water partition coefficient (Wildman–Crippen LogP) is 6.54. The van der Waals surface area contributed by atoms with Crippen LogP contribution in [0.3, 0.4) is 0 Å². The zero-order chi connectivity index (χ0) is 24.5. The van der Waals surface area contributed by atoms with E-state index in [1.165, 1.54) is 12.1 Å². The summed E-state index contributed by atoms with van der Waals surface area (Å²) in [7, 11) is 0. The second kappa shape index (κ2) is 9.35. The van der Waals surface area contributed by atoms with Crippen molar-refractivity contribution in [1.29, 1.82) is 0 Å². The number of urea groups is 1. The van der Waals surface area contributed by atoms with Crippen molar-refractivity contribution < 1.29 is 13.7 Å². The predicted molar refractivity (Wildman–Crippen MR) is 132 cm³/mol. The van der Waals surface area contributed by atoms with E-state index in [9.17, 15) is 9.18 Å². The summed E-state index contributed by atoms with van der Waals surface area (Å²) in [4.78, 5) is 19.4. The van der Waals surface area contributed by atoms with Gasteiger partial charge in [0.25, 0.3) is 5.89 Å². The fourth-order valence-corrected chi connectivity index (χ4v) is 4.35. The molecule has 1 aliphatic heterocycles. The molecule has 0 saturated heterocycles. The van der Waals surface area contributed by atoms with Crippen molar-refractivity contribution in [2.45, 2.75) is 26.4 Å². The number of rotatable bonds is 5. The van der Waals surface area contributed by atoms with Gasteiger partial charge in [0.2, 0.25) is 5.82 Å². The summed E-state index contributed by atoms with van der Waals surface area (Å²) >= 11 is 6.00. The number of aryl methyl sites for hydroxylation is 1. The first-order chi connectivity index (χ1) is 16.9. The Kier molecular flexibility index (Phi) is 6.09. The van der Waals surface area contributed by atoms with E-state index in [-0.39, 0.29) is 11.9 Å². The van der Waals surface area contributed by atoms with E-state index in [1.807, 2.05) is 38.1 Å². The van der Waals surface area contributed by atoms with Crippen LogP contribution in [0.4, 0.5) is 9.18 Å². The van der Waals surface area contributed by atoms with Gasteiger partial charge in [0, 0.05) is 16.3 Å². The Hall–Kier alpha value is -3.97. The number of benzene rings is 3. The molecule has 6 nitrogen and oxygen atoms in total. The van der Waals surface area contributed by atoms with Crippen LogP contribution in [0.25, 0.3) is 17.0 Å². The molecule has 1 N–H and O–H groups in total. The second-order valence-electron chi connectivity index (χ2n) is 8.44. The summed E-state index contributed by atoms with van der Waals surface area (Å²) < 4.78 is 19.8. The molecule has 0 aliphatic carbocycles. The molecule has 0 fully saturated rings. The Labute approximate surface area is 207 Å². The van der Waals surface area contributed by atoms with Crippen molar-refractivity contribution in [1.82, 2.24) is 20.4 Å². The molecule has 2 amide bonds. The van der Waals surface area contributed by atoms with Crippen LogP contribution in [0, 0.1) is 12.7 Å². The molecule has 8 heteroatoms. The average molecular weight is 489 g/mol. The summed E-state index contributed by atoms with van der Waals surface area (Å²) in [5, 5.41) is 7.74. The third-order valence-electron chi connectivity index (χ3n) is 5.96. The molecule has 1 unspecified atom stereocenters. The normalized spacial score (nSPS) is 15.9. The topological polar surface area (TPSA) is 71.3 Å². The van der Waals surface area contributed by atoms with Gasteiger partial charge in [-0.05, 0) is 61.4 Å². The number of allylic oxidation sites excluding steroid dienone is 1. The molecule has 0 radical (unpaired) electrons. The lowest BCUT2D eigenvalue weighted by molar-refractivity contribution is 0.203. The number of aromatic nitrogens is 2. The fraction of sp³-hybridized carbons (Fsp3) is 0.148. The lowest BCUT2D eigenvalue weighted by atomic mass is 9.94. The minimum absolute atomic E-state index is 0.246. The van der Waals surface area contributed by atoms with Gasteiger partial charge in [-0.3, -0.25) is 4.90 Å². The fourth-order valence-electron chi connectivity index (χ4n) is 4.23. The van der Waals surface area contributed by atoms with Crippen LogP contribution in [-0.4, -0.2) is 21.1 Å². The van der Waals surface area contributed by atoms with Gasteiger partial charge in [-0.15, -0.1) is 0 Å². The number of amides is 2. The first-order valence-electron chi connectivity index (χ1n) is 11.1. The maximum Gasteiger partial charge on any atom is 0.322 e. The molecule has 0 bridgehead atoms. The maximum absolute atomic E-state index is 14.1. The first kappa shape index (κ1) is 22.8. The summed E-state index contributed by atoms with van der Waals surface area (Å²) in [5.41, 5.74) is 4.65. The zero-order valence-electron chi connectivity index (χ0n) is 19.1. The van der Waals surface area contributed by atoms with Gasteiger partial charge < -0.3 is 9.84 Å². The molecule has 5 rings (SSSR count). The Morgan fingerprint density at radius 3 is 2.57 bits per heavy atom. The highest BCUT2D eigenvalue weighted by Crippen LogP contribution is 2.38. The third kappa shape index (κ3) is 4.68.